The van der Waals surface area contributed by atoms with Gasteiger partial charge in [0.25, 0.3) is 0 Å². The average Bonchev–Trinajstić information content (AvgIpc) is 2.47. The van der Waals surface area contributed by atoms with Crippen LogP contribution in [0, 0.1) is 11.8 Å². The highest BCUT2D eigenvalue weighted by Gasteiger charge is 2.30. The summed E-state index contributed by atoms with van der Waals surface area (Å²) < 4.78 is 0. The summed E-state index contributed by atoms with van der Waals surface area (Å²) in [7, 11) is 0. The Balaban J connectivity index is 0.00000484. The Hall–Kier alpha value is -0.810. The van der Waals surface area contributed by atoms with E-state index in [1.54, 1.807) is 6.92 Å². The molecule has 2 amide bonds. The molecule has 5 nitrogen and oxygen atoms in total. The summed E-state index contributed by atoms with van der Waals surface area (Å²) in [5, 5.41) is 5.79. The molecule has 6 heteroatoms. The Morgan fingerprint density at radius 3 is 2.22 bits per heavy atom. The molecule has 1 aliphatic rings. The first-order valence-corrected chi connectivity index (χ1v) is 8.60. The number of nitrogens with two attached hydrogens (primary N) is 1. The molecule has 0 aliphatic heterocycles. The van der Waals surface area contributed by atoms with E-state index in [-0.39, 0.29) is 30.1 Å². The van der Waals surface area contributed by atoms with Crippen LogP contribution in [0.15, 0.2) is 0 Å². The topological polar surface area (TPSA) is 84.2 Å². The molecule has 0 radical (unpaired) electrons. The van der Waals surface area contributed by atoms with Crippen molar-refractivity contribution in [1.29, 1.82) is 0 Å². The van der Waals surface area contributed by atoms with E-state index in [2.05, 4.69) is 10.6 Å². The fourth-order valence-corrected chi connectivity index (χ4v) is 2.84. The summed E-state index contributed by atoms with van der Waals surface area (Å²) in [6.07, 6.45) is 6.52. The van der Waals surface area contributed by atoms with E-state index in [4.69, 9.17) is 5.73 Å². The third kappa shape index (κ3) is 7.08. The standard InChI is InChI=1S/C17H33N3O2.ClH/c1-12(2)17(4,11-18)20-16(22)13(3)19-15(21)10-14-8-6-5-7-9-14;/h12-14H,5-11,18H2,1-4H3,(H,19,21)(H,20,22);1H. The highest BCUT2D eigenvalue weighted by molar-refractivity contribution is 5.87. The smallest absolute Gasteiger partial charge is 0.242 e. The highest BCUT2D eigenvalue weighted by atomic mass is 35.5. The highest BCUT2D eigenvalue weighted by Crippen LogP contribution is 2.26. The first-order chi connectivity index (χ1) is 10.3. The summed E-state index contributed by atoms with van der Waals surface area (Å²) in [6.45, 7) is 8.09. The third-order valence-electron chi connectivity index (χ3n) is 5.08. The quantitative estimate of drug-likeness (QED) is 0.661. The fourth-order valence-electron chi connectivity index (χ4n) is 2.84. The Labute approximate surface area is 146 Å². The number of carbonyl (C=O) groups excluding carboxylic acids is 2. The van der Waals surface area contributed by atoms with Gasteiger partial charge in [-0.3, -0.25) is 9.59 Å². The molecule has 1 aliphatic carbocycles. The van der Waals surface area contributed by atoms with Gasteiger partial charge in [-0.2, -0.15) is 0 Å². The van der Waals surface area contributed by atoms with Crippen LogP contribution in [-0.4, -0.2) is 29.9 Å². The molecule has 0 spiro atoms. The lowest BCUT2D eigenvalue weighted by Gasteiger charge is -2.34. The molecular formula is C17H34ClN3O2. The summed E-state index contributed by atoms with van der Waals surface area (Å²) >= 11 is 0. The molecule has 4 N–H and O–H groups in total. The SMILES string of the molecule is CC(NC(=O)CC1CCCCC1)C(=O)NC(C)(CN)C(C)C.Cl. The molecule has 0 aromatic carbocycles. The minimum absolute atomic E-state index is 0. The van der Waals surface area contributed by atoms with Crippen molar-refractivity contribution >= 4 is 24.2 Å². The number of nitrogens with one attached hydrogen (secondary N) is 2. The molecule has 0 saturated heterocycles. The van der Waals surface area contributed by atoms with Crippen LogP contribution in [0.3, 0.4) is 0 Å². The van der Waals surface area contributed by atoms with Crippen molar-refractivity contribution in [3.63, 3.8) is 0 Å². The van der Waals surface area contributed by atoms with Gasteiger partial charge in [0.15, 0.2) is 0 Å². The van der Waals surface area contributed by atoms with E-state index in [1.807, 2.05) is 20.8 Å². The first kappa shape index (κ1) is 22.2. The number of hydrogen-bond acceptors (Lipinski definition) is 3. The molecule has 136 valence electrons. The van der Waals surface area contributed by atoms with Gasteiger partial charge < -0.3 is 16.4 Å². The second-order valence-electron chi connectivity index (χ2n) is 7.26. The minimum atomic E-state index is -0.527. The van der Waals surface area contributed by atoms with Crippen LogP contribution in [0.4, 0.5) is 0 Å². The van der Waals surface area contributed by atoms with Crippen molar-refractivity contribution in [2.45, 2.75) is 77.8 Å². The second kappa shape index (κ2) is 10.1. The normalized spacial score (nSPS) is 19.4. The van der Waals surface area contributed by atoms with Gasteiger partial charge in [0, 0.05) is 13.0 Å². The minimum Gasteiger partial charge on any atom is -0.348 e. The van der Waals surface area contributed by atoms with Crippen LogP contribution >= 0.6 is 12.4 Å². The Bertz CT molecular complexity index is 384. The van der Waals surface area contributed by atoms with E-state index in [1.165, 1.54) is 19.3 Å². The van der Waals surface area contributed by atoms with Crippen molar-refractivity contribution in [2.24, 2.45) is 17.6 Å². The van der Waals surface area contributed by atoms with Crippen LogP contribution in [0.1, 0.15) is 66.2 Å². The molecule has 2 atom stereocenters. The lowest BCUT2D eigenvalue weighted by Crippen LogP contribution is -2.59. The average molecular weight is 348 g/mol. The second-order valence-corrected chi connectivity index (χ2v) is 7.26. The number of hydrogen-bond donors (Lipinski definition) is 3. The van der Waals surface area contributed by atoms with Crippen molar-refractivity contribution in [3.8, 4) is 0 Å². The van der Waals surface area contributed by atoms with Crippen LogP contribution in [0.5, 0.6) is 0 Å². The molecule has 23 heavy (non-hydrogen) atoms. The molecule has 1 saturated carbocycles. The van der Waals surface area contributed by atoms with Gasteiger partial charge >= 0.3 is 0 Å². The number of halogens is 1. The molecule has 0 heterocycles. The summed E-state index contributed by atoms with van der Waals surface area (Å²) in [6, 6.07) is -0.527. The zero-order chi connectivity index (χ0) is 16.8. The van der Waals surface area contributed by atoms with Crippen LogP contribution in [-0.2, 0) is 9.59 Å². The zero-order valence-electron chi connectivity index (χ0n) is 15.0. The Morgan fingerprint density at radius 2 is 1.74 bits per heavy atom. The molecule has 1 rings (SSSR count). The van der Waals surface area contributed by atoms with Gasteiger partial charge in [0.2, 0.25) is 11.8 Å². The maximum absolute atomic E-state index is 12.3. The summed E-state index contributed by atoms with van der Waals surface area (Å²) in [5.41, 5.74) is 5.33. The lowest BCUT2D eigenvalue weighted by atomic mass is 9.86. The van der Waals surface area contributed by atoms with Crippen molar-refractivity contribution < 1.29 is 9.59 Å². The summed E-state index contributed by atoms with van der Waals surface area (Å²) in [5.74, 6) is 0.521. The molecule has 0 bridgehead atoms. The Kier molecular flexibility index (Phi) is 9.78. The maximum Gasteiger partial charge on any atom is 0.242 e. The fraction of sp³-hybridized carbons (Fsp3) is 0.882. The first-order valence-electron chi connectivity index (χ1n) is 8.60. The molecule has 1 fully saturated rings. The molecule has 0 aromatic heterocycles. The van der Waals surface area contributed by atoms with Gasteiger partial charge in [0.1, 0.15) is 6.04 Å². The van der Waals surface area contributed by atoms with Gasteiger partial charge in [-0.1, -0.05) is 33.1 Å². The van der Waals surface area contributed by atoms with E-state index in [0.29, 0.717) is 18.9 Å². The van der Waals surface area contributed by atoms with Crippen molar-refractivity contribution in [3.05, 3.63) is 0 Å². The largest absolute Gasteiger partial charge is 0.348 e. The van der Waals surface area contributed by atoms with E-state index in [9.17, 15) is 9.59 Å². The van der Waals surface area contributed by atoms with Crippen LogP contribution < -0.4 is 16.4 Å². The van der Waals surface area contributed by atoms with Crippen molar-refractivity contribution in [2.75, 3.05) is 6.54 Å². The molecule has 0 aromatic rings. The predicted molar refractivity (Wildman–Crippen MR) is 96.5 cm³/mol. The van der Waals surface area contributed by atoms with Gasteiger partial charge in [-0.05, 0) is 38.5 Å². The van der Waals surface area contributed by atoms with Gasteiger partial charge in [-0.25, -0.2) is 0 Å². The van der Waals surface area contributed by atoms with Gasteiger partial charge in [0.05, 0.1) is 5.54 Å². The number of rotatable bonds is 7. The van der Waals surface area contributed by atoms with E-state index < -0.39 is 11.6 Å². The van der Waals surface area contributed by atoms with Gasteiger partial charge in [-0.15, -0.1) is 12.4 Å². The van der Waals surface area contributed by atoms with Crippen LogP contribution in [0.25, 0.3) is 0 Å². The number of carbonyl (C=O) groups is 2. The van der Waals surface area contributed by atoms with Crippen molar-refractivity contribution in [1.82, 2.24) is 10.6 Å². The van der Waals surface area contributed by atoms with E-state index in [0.717, 1.165) is 12.8 Å². The maximum atomic E-state index is 12.3. The van der Waals surface area contributed by atoms with E-state index >= 15 is 0 Å². The summed E-state index contributed by atoms with van der Waals surface area (Å²) in [4.78, 5) is 24.3. The molecule has 2 unspecified atom stereocenters. The third-order valence-corrected chi connectivity index (χ3v) is 5.08. The van der Waals surface area contributed by atoms with Crippen LogP contribution in [0.2, 0.25) is 0 Å². The lowest BCUT2D eigenvalue weighted by molar-refractivity contribution is -0.130. The monoisotopic (exact) mass is 347 g/mol. The number of amides is 2. The molecular weight excluding hydrogens is 314 g/mol. The Morgan fingerprint density at radius 1 is 1.17 bits per heavy atom. The zero-order valence-corrected chi connectivity index (χ0v) is 15.8. The predicted octanol–water partition coefficient (Wildman–Crippen LogP) is 2.37.